The fourth-order valence-corrected chi connectivity index (χ4v) is 2.35. The molecular weight excluding hydrogens is 383 g/mol. The normalized spacial score (nSPS) is 10.9. The summed E-state index contributed by atoms with van der Waals surface area (Å²) in [6.45, 7) is 2.26. The summed E-state index contributed by atoms with van der Waals surface area (Å²) in [5.74, 6) is -0.664. The average Bonchev–Trinajstić information content (AvgIpc) is 2.49. The van der Waals surface area contributed by atoms with Crippen molar-refractivity contribution in [2.75, 3.05) is 0 Å². The van der Waals surface area contributed by atoms with Crippen molar-refractivity contribution in [1.82, 2.24) is 0 Å². The topological polar surface area (TPSA) is 112 Å². The van der Waals surface area contributed by atoms with Crippen LogP contribution in [-0.4, -0.2) is 28.6 Å². The second kappa shape index (κ2) is 23.8. The van der Waals surface area contributed by atoms with Gasteiger partial charge in [-0.1, -0.05) is 70.4 Å². The molecule has 0 bridgehead atoms. The van der Waals surface area contributed by atoms with E-state index in [1.165, 1.54) is 70.6 Å². The van der Waals surface area contributed by atoms with E-state index in [-0.39, 0.29) is 52.8 Å². The van der Waals surface area contributed by atoms with Gasteiger partial charge in [0.25, 0.3) is 0 Å². The minimum Gasteiger partial charge on any atom is -1.00 e. The Morgan fingerprint density at radius 3 is 1.54 bits per heavy atom. The minimum atomic E-state index is -4.67. The van der Waals surface area contributed by atoms with E-state index in [9.17, 15) is 4.79 Å². The first-order valence-electron chi connectivity index (χ1n) is 9.34. The molecule has 26 heavy (non-hydrogen) atoms. The van der Waals surface area contributed by atoms with Crippen molar-refractivity contribution in [2.24, 2.45) is 0 Å². The van der Waals surface area contributed by atoms with Gasteiger partial charge in [0.15, 0.2) is 0 Å². The quantitative estimate of drug-likeness (QED) is 0.162. The number of carboxylic acid groups (broad SMARTS) is 1. The molecule has 0 saturated heterocycles. The van der Waals surface area contributed by atoms with Gasteiger partial charge in [-0.05, 0) is 32.1 Å². The third-order valence-electron chi connectivity index (χ3n) is 3.65. The number of allylic oxidation sites excluding steroid dienone is 2. The van der Waals surface area contributed by atoms with Crippen LogP contribution in [0.3, 0.4) is 0 Å². The largest absolute Gasteiger partial charge is 1.00 e. The smallest absolute Gasteiger partial charge is 1.00 e. The zero-order valence-corrected chi connectivity index (χ0v) is 20.5. The van der Waals surface area contributed by atoms with Gasteiger partial charge in [-0.3, -0.25) is 13.9 Å². The molecule has 0 amide bonds. The van der Waals surface area contributed by atoms with Crippen molar-refractivity contribution < 1.29 is 80.2 Å². The standard InChI is InChI=1S/C18H34O2.K.H2O4S.H/c1-2-3-4-5-6-7-8-9-10-11-12-13-14-15-16-17-18(19)20;;1-5(2,3)4;/h9-10H,2-8,11-17H2,1H3,(H,19,20);;(H2,1,2,3,4);/q;+1;;-1/b10-9-;;;. The number of hydrogen-bond donors (Lipinski definition) is 3. The summed E-state index contributed by atoms with van der Waals surface area (Å²) < 4.78 is 31.6. The van der Waals surface area contributed by atoms with Crippen LogP contribution in [0.15, 0.2) is 12.2 Å². The van der Waals surface area contributed by atoms with Crippen molar-refractivity contribution in [3.63, 3.8) is 0 Å². The van der Waals surface area contributed by atoms with Crippen LogP contribution >= 0.6 is 0 Å². The molecule has 0 heterocycles. The Morgan fingerprint density at radius 1 is 0.808 bits per heavy atom. The maximum absolute atomic E-state index is 10.3. The van der Waals surface area contributed by atoms with Crippen LogP contribution in [0.5, 0.6) is 0 Å². The molecule has 0 radical (unpaired) electrons. The van der Waals surface area contributed by atoms with Crippen LogP contribution in [0, 0.1) is 0 Å². The minimum absolute atomic E-state index is 0. The molecule has 0 unspecified atom stereocenters. The first-order chi connectivity index (χ1) is 11.8. The summed E-state index contributed by atoms with van der Waals surface area (Å²) in [7, 11) is -4.67. The Hall–Kier alpha value is 0.716. The van der Waals surface area contributed by atoms with Gasteiger partial charge in [0.1, 0.15) is 0 Å². The molecule has 0 saturated carbocycles. The van der Waals surface area contributed by atoms with Gasteiger partial charge < -0.3 is 6.53 Å². The molecule has 0 aromatic rings. The first kappa shape index (κ1) is 31.4. The van der Waals surface area contributed by atoms with Gasteiger partial charge in [-0.25, -0.2) is 0 Å². The molecule has 3 N–H and O–H groups in total. The molecule has 0 aromatic heterocycles. The van der Waals surface area contributed by atoms with Crippen LogP contribution < -0.4 is 51.4 Å². The summed E-state index contributed by atoms with van der Waals surface area (Å²) in [5, 5.41) is 8.51. The Kier molecular flexibility index (Phi) is 28.7. The third-order valence-corrected chi connectivity index (χ3v) is 3.65. The van der Waals surface area contributed by atoms with Crippen molar-refractivity contribution in [1.29, 1.82) is 0 Å². The van der Waals surface area contributed by atoms with E-state index in [1.54, 1.807) is 0 Å². The number of rotatable bonds is 15. The Labute approximate surface area is 203 Å². The van der Waals surface area contributed by atoms with E-state index < -0.39 is 16.4 Å². The Balaban J connectivity index is -0.000000333. The number of hydrogen-bond acceptors (Lipinski definition) is 3. The molecule has 0 spiro atoms. The zero-order chi connectivity index (χ0) is 19.4. The van der Waals surface area contributed by atoms with Gasteiger partial charge in [0.2, 0.25) is 0 Å². The number of aliphatic carboxylic acids is 1. The molecule has 152 valence electrons. The van der Waals surface area contributed by atoms with Crippen molar-refractivity contribution in [3.8, 4) is 0 Å². The third kappa shape index (κ3) is 44.3. The van der Waals surface area contributed by atoms with Crippen molar-refractivity contribution in [2.45, 2.75) is 96.8 Å². The van der Waals surface area contributed by atoms with Crippen molar-refractivity contribution >= 4 is 16.4 Å². The van der Waals surface area contributed by atoms with E-state index in [1.807, 2.05) is 0 Å². The van der Waals surface area contributed by atoms with Gasteiger partial charge in [-0.2, -0.15) is 8.42 Å². The van der Waals surface area contributed by atoms with Gasteiger partial charge in [-0.15, -0.1) is 0 Å². The predicted octanol–water partition coefficient (Wildman–Crippen LogP) is 2.57. The molecule has 8 heteroatoms. The molecule has 0 aliphatic carbocycles. The second-order valence-electron chi connectivity index (χ2n) is 6.18. The molecular formula is C18H37KO6S. The van der Waals surface area contributed by atoms with E-state index in [0.717, 1.165) is 12.8 Å². The molecule has 0 rings (SSSR count). The summed E-state index contributed by atoms with van der Waals surface area (Å²) in [6, 6.07) is 0. The van der Waals surface area contributed by atoms with Gasteiger partial charge in [0.05, 0.1) is 0 Å². The summed E-state index contributed by atoms with van der Waals surface area (Å²) in [5.41, 5.74) is 0. The maximum Gasteiger partial charge on any atom is 1.00 e. The molecule has 0 aliphatic heterocycles. The van der Waals surface area contributed by atoms with Gasteiger partial charge >= 0.3 is 67.8 Å². The SMILES string of the molecule is CCCCCCCC/C=C\CCCCCCCC(=O)O.O=S(=O)(O)O.[H-].[K+]. The summed E-state index contributed by atoms with van der Waals surface area (Å²) >= 11 is 0. The fraction of sp³-hybridized carbons (Fsp3) is 0.833. The fourth-order valence-electron chi connectivity index (χ4n) is 2.35. The monoisotopic (exact) mass is 420 g/mol. The van der Waals surface area contributed by atoms with E-state index in [4.69, 9.17) is 22.6 Å². The zero-order valence-electron chi connectivity index (χ0n) is 17.5. The number of carbonyl (C=O) groups is 1. The Morgan fingerprint density at radius 2 is 1.15 bits per heavy atom. The summed E-state index contributed by atoms with van der Waals surface area (Å²) in [4.78, 5) is 10.3. The molecule has 0 fully saturated rings. The van der Waals surface area contributed by atoms with Gasteiger partial charge in [0, 0.05) is 6.42 Å². The summed E-state index contributed by atoms with van der Waals surface area (Å²) in [6.07, 6.45) is 21.2. The maximum atomic E-state index is 10.3. The van der Waals surface area contributed by atoms with Crippen LogP contribution in [0.1, 0.15) is 98.2 Å². The van der Waals surface area contributed by atoms with Crippen LogP contribution in [0.2, 0.25) is 0 Å². The van der Waals surface area contributed by atoms with E-state index in [0.29, 0.717) is 6.42 Å². The predicted molar refractivity (Wildman–Crippen MR) is 102 cm³/mol. The van der Waals surface area contributed by atoms with Crippen LogP contribution in [0.25, 0.3) is 0 Å². The molecule has 0 atom stereocenters. The van der Waals surface area contributed by atoms with E-state index >= 15 is 0 Å². The second-order valence-corrected chi connectivity index (χ2v) is 7.07. The molecule has 6 nitrogen and oxygen atoms in total. The van der Waals surface area contributed by atoms with E-state index in [2.05, 4.69) is 19.1 Å². The average molecular weight is 421 g/mol. The molecule has 0 aromatic carbocycles. The van der Waals surface area contributed by atoms with Crippen LogP contribution in [0.4, 0.5) is 0 Å². The molecule has 0 aliphatic rings. The number of unbranched alkanes of at least 4 members (excludes halogenated alkanes) is 11. The van der Waals surface area contributed by atoms with Crippen molar-refractivity contribution in [3.05, 3.63) is 12.2 Å². The first-order valence-corrected chi connectivity index (χ1v) is 10.7. The van der Waals surface area contributed by atoms with Crippen LogP contribution in [-0.2, 0) is 15.2 Å². The Bertz CT molecular complexity index is 422. The number of carboxylic acids is 1.